The summed E-state index contributed by atoms with van der Waals surface area (Å²) < 4.78 is 8.00. The molecule has 38 heavy (non-hydrogen) atoms. The van der Waals surface area contributed by atoms with Crippen molar-refractivity contribution in [2.24, 2.45) is 0 Å². The number of aromatic amines is 2. The highest BCUT2D eigenvalue weighted by Crippen LogP contribution is 2.32. The molecule has 0 amide bonds. The fourth-order valence-corrected chi connectivity index (χ4v) is 5.15. The maximum atomic E-state index is 6.02. The molecule has 2 N–H and O–H groups in total. The zero-order chi connectivity index (χ0) is 25.5. The van der Waals surface area contributed by atoms with E-state index in [1.807, 2.05) is 48.5 Å². The molecule has 0 bridgehead atoms. The van der Waals surface area contributed by atoms with Gasteiger partial charge in [0.05, 0.1) is 53.2 Å². The van der Waals surface area contributed by atoms with Gasteiger partial charge in [-0.25, -0.2) is 9.97 Å². The molecule has 7 heterocycles. The third-order valence-electron chi connectivity index (χ3n) is 7.11. The fourth-order valence-electron chi connectivity index (χ4n) is 5.15. The predicted molar refractivity (Wildman–Crippen MR) is 145 cm³/mol. The van der Waals surface area contributed by atoms with Crippen LogP contribution in [0.3, 0.4) is 0 Å². The number of hydrogen-bond acceptors (Lipinski definition) is 7. The Morgan fingerprint density at radius 1 is 0.921 bits per heavy atom. The Hall–Kier alpha value is -4.57. The number of aryl methyl sites for hydroxylation is 1. The van der Waals surface area contributed by atoms with Crippen molar-refractivity contribution in [3.63, 3.8) is 0 Å². The first-order chi connectivity index (χ1) is 18.7. The average molecular weight is 506 g/mol. The number of ether oxygens (including phenoxy) is 1. The topological polar surface area (TPSA) is 113 Å². The number of aromatic nitrogens is 8. The Kier molecular flexibility index (Phi) is 5.58. The van der Waals surface area contributed by atoms with E-state index in [9.17, 15) is 0 Å². The van der Waals surface area contributed by atoms with Crippen molar-refractivity contribution < 1.29 is 4.74 Å². The van der Waals surface area contributed by atoms with Crippen LogP contribution in [0, 0.1) is 6.92 Å². The minimum atomic E-state index is 0.650. The molecule has 0 aromatic carbocycles. The molecule has 1 fully saturated rings. The van der Waals surface area contributed by atoms with Crippen LogP contribution in [0.15, 0.2) is 61.7 Å². The van der Waals surface area contributed by atoms with Crippen LogP contribution in [0.25, 0.3) is 50.1 Å². The lowest BCUT2D eigenvalue weighted by Gasteiger charge is -2.15. The van der Waals surface area contributed by atoms with Crippen LogP contribution in [0.2, 0.25) is 0 Å². The molecule has 1 aliphatic rings. The number of H-pyrrole nitrogens is 2. The fraction of sp³-hybridized carbons (Fsp3) is 0.250. The summed E-state index contributed by atoms with van der Waals surface area (Å²) in [6.45, 7) is 5.90. The summed E-state index contributed by atoms with van der Waals surface area (Å²) in [6, 6.07) is 6.22. The summed E-state index contributed by atoms with van der Waals surface area (Å²) in [6.07, 6.45) is 15.5. The van der Waals surface area contributed by atoms with Crippen molar-refractivity contribution in [1.29, 1.82) is 0 Å². The second-order valence-corrected chi connectivity index (χ2v) is 9.73. The Morgan fingerprint density at radius 3 is 2.66 bits per heavy atom. The second kappa shape index (κ2) is 9.38. The van der Waals surface area contributed by atoms with Crippen LogP contribution in [-0.4, -0.2) is 70.8 Å². The second-order valence-electron chi connectivity index (χ2n) is 9.73. The Balaban J connectivity index is 1.20. The third kappa shape index (κ3) is 4.18. The van der Waals surface area contributed by atoms with Crippen LogP contribution in [0.1, 0.15) is 18.5 Å². The molecule has 1 aliphatic heterocycles. The monoisotopic (exact) mass is 505 g/mol. The average Bonchev–Trinajstić information content (AvgIpc) is 3.74. The summed E-state index contributed by atoms with van der Waals surface area (Å²) in [5.74, 6) is 0.764. The summed E-state index contributed by atoms with van der Waals surface area (Å²) in [5.41, 5.74) is 7.16. The Bertz CT molecular complexity index is 1740. The van der Waals surface area contributed by atoms with Crippen molar-refractivity contribution in [2.45, 2.75) is 19.8 Å². The first kappa shape index (κ1) is 22.6. The van der Waals surface area contributed by atoms with E-state index in [0.717, 1.165) is 75.6 Å². The van der Waals surface area contributed by atoms with Gasteiger partial charge in [-0.1, -0.05) is 0 Å². The molecule has 7 rings (SSSR count). The molecule has 6 aromatic heterocycles. The van der Waals surface area contributed by atoms with E-state index in [2.05, 4.69) is 52.1 Å². The minimum absolute atomic E-state index is 0.650. The highest BCUT2D eigenvalue weighted by atomic mass is 16.5. The Labute approximate surface area is 218 Å². The van der Waals surface area contributed by atoms with E-state index < -0.39 is 0 Å². The maximum Gasteiger partial charge on any atom is 0.181 e. The number of imidazole rings is 1. The van der Waals surface area contributed by atoms with E-state index in [4.69, 9.17) is 4.74 Å². The number of rotatable bonds is 7. The lowest BCUT2D eigenvalue weighted by molar-refractivity contribution is 0.237. The van der Waals surface area contributed by atoms with Crippen LogP contribution >= 0.6 is 0 Å². The van der Waals surface area contributed by atoms with Gasteiger partial charge in [0.25, 0.3) is 0 Å². The molecule has 0 saturated carbocycles. The highest BCUT2D eigenvalue weighted by Gasteiger charge is 2.16. The SMILES string of the molecule is Cc1cn(-c2cncc3[nH]c(-c4[nH]nc5ncc(-c6cncc(OCCN7CCCC7)c6)cc45)cc23)cn1. The van der Waals surface area contributed by atoms with Crippen molar-refractivity contribution in [3.05, 3.63) is 67.4 Å². The number of fused-ring (bicyclic) bond motifs is 2. The number of hydrogen-bond donors (Lipinski definition) is 2. The molecular weight excluding hydrogens is 478 g/mol. The van der Waals surface area contributed by atoms with E-state index in [1.165, 1.54) is 12.8 Å². The summed E-state index contributed by atoms with van der Waals surface area (Å²) in [5, 5.41) is 9.58. The molecular formula is C28H27N9O. The lowest BCUT2D eigenvalue weighted by Crippen LogP contribution is -2.25. The van der Waals surface area contributed by atoms with Crippen molar-refractivity contribution in [3.8, 4) is 34.0 Å². The summed E-state index contributed by atoms with van der Waals surface area (Å²) >= 11 is 0. The predicted octanol–water partition coefficient (Wildman–Crippen LogP) is 4.53. The van der Waals surface area contributed by atoms with Crippen molar-refractivity contribution in [2.75, 3.05) is 26.2 Å². The summed E-state index contributed by atoms with van der Waals surface area (Å²) in [7, 11) is 0. The standard InChI is InChI=1S/C28H27N9O/c1-18-16-37(17-32-18)26-15-30-14-25-22(26)10-24(33-25)27-23-9-20(12-31-28(23)35-34-27)19-8-21(13-29-11-19)38-7-6-36-4-2-3-5-36/h8-17,33H,2-7H2,1H3,(H,31,34,35). The van der Waals surface area contributed by atoms with E-state index in [-0.39, 0.29) is 0 Å². The van der Waals surface area contributed by atoms with E-state index in [0.29, 0.717) is 12.3 Å². The minimum Gasteiger partial charge on any atom is -0.491 e. The zero-order valence-corrected chi connectivity index (χ0v) is 21.1. The molecule has 0 spiro atoms. The highest BCUT2D eigenvalue weighted by molar-refractivity contribution is 5.97. The van der Waals surface area contributed by atoms with Gasteiger partial charge < -0.3 is 14.3 Å². The number of likely N-dealkylation sites (tertiary alicyclic amines) is 1. The Morgan fingerprint density at radius 2 is 1.79 bits per heavy atom. The molecule has 0 radical (unpaired) electrons. The molecule has 0 atom stereocenters. The third-order valence-corrected chi connectivity index (χ3v) is 7.11. The number of nitrogens with zero attached hydrogens (tertiary/aromatic N) is 7. The smallest absolute Gasteiger partial charge is 0.181 e. The van der Waals surface area contributed by atoms with Crippen molar-refractivity contribution >= 4 is 21.9 Å². The molecule has 1 saturated heterocycles. The van der Waals surface area contributed by atoms with Gasteiger partial charge in [-0.3, -0.25) is 20.0 Å². The largest absolute Gasteiger partial charge is 0.491 e. The van der Waals surface area contributed by atoms with Gasteiger partial charge in [-0.05, 0) is 51.1 Å². The van der Waals surface area contributed by atoms with Crippen LogP contribution in [0.5, 0.6) is 5.75 Å². The van der Waals surface area contributed by atoms with Gasteiger partial charge in [-0.2, -0.15) is 5.10 Å². The molecule has 190 valence electrons. The zero-order valence-electron chi connectivity index (χ0n) is 21.1. The van der Waals surface area contributed by atoms with Gasteiger partial charge in [0.15, 0.2) is 5.65 Å². The molecule has 0 unspecified atom stereocenters. The van der Waals surface area contributed by atoms with Gasteiger partial charge in [0, 0.05) is 47.0 Å². The van der Waals surface area contributed by atoms with Gasteiger partial charge in [-0.15, -0.1) is 0 Å². The molecule has 0 aliphatic carbocycles. The maximum absolute atomic E-state index is 6.02. The number of pyridine rings is 3. The van der Waals surface area contributed by atoms with Crippen molar-refractivity contribution in [1.82, 2.24) is 44.6 Å². The molecule has 10 nitrogen and oxygen atoms in total. The van der Waals surface area contributed by atoms with Crippen LogP contribution in [-0.2, 0) is 0 Å². The first-order valence-corrected chi connectivity index (χ1v) is 12.8. The lowest BCUT2D eigenvalue weighted by atomic mass is 10.1. The van der Waals surface area contributed by atoms with E-state index in [1.54, 1.807) is 12.5 Å². The van der Waals surface area contributed by atoms with Crippen LogP contribution < -0.4 is 4.74 Å². The summed E-state index contributed by atoms with van der Waals surface area (Å²) in [4.78, 5) is 23.7. The normalized spacial score (nSPS) is 14.1. The van der Waals surface area contributed by atoms with Gasteiger partial charge >= 0.3 is 0 Å². The molecule has 10 heteroatoms. The quantitative estimate of drug-likeness (QED) is 0.328. The van der Waals surface area contributed by atoms with E-state index >= 15 is 0 Å². The van der Waals surface area contributed by atoms with Crippen LogP contribution in [0.4, 0.5) is 0 Å². The number of nitrogens with one attached hydrogen (secondary N) is 2. The first-order valence-electron chi connectivity index (χ1n) is 12.8. The van der Waals surface area contributed by atoms with Gasteiger partial charge in [0.2, 0.25) is 0 Å². The molecule has 6 aromatic rings. The van der Waals surface area contributed by atoms with Gasteiger partial charge in [0.1, 0.15) is 12.4 Å².